The number of aromatic nitrogens is 2. The molecule has 4 heteroatoms. The summed E-state index contributed by atoms with van der Waals surface area (Å²) in [7, 11) is 0. The molecule has 0 amide bonds. The summed E-state index contributed by atoms with van der Waals surface area (Å²) in [6.07, 6.45) is 5.60. The van der Waals surface area contributed by atoms with Crippen LogP contribution in [-0.4, -0.2) is 31.7 Å². The molecule has 0 radical (unpaired) electrons. The number of hydrogen-bond donors (Lipinski definition) is 2. The number of aliphatic hydroxyl groups excluding tert-OH is 1. The number of rotatable bonds is 4. The predicted octanol–water partition coefficient (Wildman–Crippen LogP) is 2.20. The van der Waals surface area contributed by atoms with E-state index in [1.165, 1.54) is 12.8 Å². The lowest BCUT2D eigenvalue weighted by molar-refractivity contribution is -0.0843. The Balaban J connectivity index is 2.08. The zero-order chi connectivity index (χ0) is 13.9. The molecule has 19 heavy (non-hydrogen) atoms. The molecular weight excluding hydrogens is 240 g/mol. The summed E-state index contributed by atoms with van der Waals surface area (Å²) in [5.41, 5.74) is 1.08. The lowest BCUT2D eigenvalue weighted by atomic mass is 9.86. The Kier molecular flexibility index (Phi) is 4.63. The first-order valence-electron chi connectivity index (χ1n) is 7.49. The fourth-order valence-electron chi connectivity index (χ4n) is 3.10. The third kappa shape index (κ3) is 3.37. The maximum absolute atomic E-state index is 10.7. The molecule has 1 aromatic rings. The quantitative estimate of drug-likeness (QED) is 0.821. The van der Waals surface area contributed by atoms with Gasteiger partial charge in [0.05, 0.1) is 17.4 Å². The van der Waals surface area contributed by atoms with Crippen LogP contribution in [0.25, 0.3) is 0 Å². The first kappa shape index (κ1) is 14.5. The molecule has 4 nitrogen and oxygen atoms in total. The predicted molar refractivity (Wildman–Crippen MR) is 75.0 cm³/mol. The lowest BCUT2D eigenvalue weighted by Crippen LogP contribution is -2.43. The van der Waals surface area contributed by atoms with Crippen molar-refractivity contribution in [2.24, 2.45) is 0 Å². The minimum atomic E-state index is -0.909. The number of nitrogens with zero attached hydrogens (tertiary/aromatic N) is 2. The standard InChI is InChI=1S/C15H26N2O2/c1-3-17-13(10-12(2)16-17)11-14(18)15(19)8-6-4-5-7-9-15/h10,14,18-19H,3-9,11H2,1-2H3. The molecule has 0 aromatic carbocycles. The zero-order valence-electron chi connectivity index (χ0n) is 12.1. The van der Waals surface area contributed by atoms with Crippen LogP contribution in [0.1, 0.15) is 56.8 Å². The molecular formula is C15H26N2O2. The fourth-order valence-corrected chi connectivity index (χ4v) is 3.10. The van der Waals surface area contributed by atoms with Crippen molar-refractivity contribution in [3.05, 3.63) is 17.5 Å². The van der Waals surface area contributed by atoms with Crippen LogP contribution in [0.4, 0.5) is 0 Å². The van der Waals surface area contributed by atoms with Crippen LogP contribution < -0.4 is 0 Å². The van der Waals surface area contributed by atoms with Gasteiger partial charge >= 0.3 is 0 Å². The van der Waals surface area contributed by atoms with E-state index in [-0.39, 0.29) is 0 Å². The van der Waals surface area contributed by atoms with E-state index in [1.807, 2.05) is 24.6 Å². The van der Waals surface area contributed by atoms with Gasteiger partial charge in [-0.15, -0.1) is 0 Å². The van der Waals surface area contributed by atoms with Gasteiger partial charge in [-0.2, -0.15) is 5.10 Å². The summed E-state index contributed by atoms with van der Waals surface area (Å²) in [6, 6.07) is 2.01. The van der Waals surface area contributed by atoms with Crippen molar-refractivity contribution in [1.82, 2.24) is 9.78 Å². The lowest BCUT2D eigenvalue weighted by Gasteiger charge is -2.32. The molecule has 108 valence electrons. The van der Waals surface area contributed by atoms with Crippen LogP contribution in [0.15, 0.2) is 6.07 Å². The Morgan fingerprint density at radius 1 is 1.32 bits per heavy atom. The molecule has 1 atom stereocenters. The van der Waals surface area contributed by atoms with Gasteiger partial charge in [-0.05, 0) is 32.8 Å². The molecule has 1 aromatic heterocycles. The second-order valence-corrected chi connectivity index (χ2v) is 5.83. The van der Waals surface area contributed by atoms with E-state index in [2.05, 4.69) is 5.10 Å². The van der Waals surface area contributed by atoms with Crippen molar-refractivity contribution in [2.45, 2.75) is 77.0 Å². The third-order valence-corrected chi connectivity index (χ3v) is 4.28. The zero-order valence-corrected chi connectivity index (χ0v) is 12.1. The summed E-state index contributed by atoms with van der Waals surface area (Å²) in [5, 5.41) is 25.5. The van der Waals surface area contributed by atoms with E-state index in [0.717, 1.165) is 30.8 Å². The van der Waals surface area contributed by atoms with Crippen molar-refractivity contribution in [3.63, 3.8) is 0 Å². The van der Waals surface area contributed by atoms with Gasteiger partial charge in [0.2, 0.25) is 0 Å². The van der Waals surface area contributed by atoms with Crippen molar-refractivity contribution in [1.29, 1.82) is 0 Å². The van der Waals surface area contributed by atoms with Crippen LogP contribution in [0, 0.1) is 6.92 Å². The smallest absolute Gasteiger partial charge is 0.0909 e. The van der Waals surface area contributed by atoms with E-state index in [9.17, 15) is 10.2 Å². The summed E-state index contributed by atoms with van der Waals surface area (Å²) < 4.78 is 1.92. The topological polar surface area (TPSA) is 58.3 Å². The van der Waals surface area contributed by atoms with Gasteiger partial charge in [0.1, 0.15) is 0 Å². The molecule has 2 rings (SSSR count). The maximum Gasteiger partial charge on any atom is 0.0909 e. The molecule has 2 N–H and O–H groups in total. The first-order valence-corrected chi connectivity index (χ1v) is 7.49. The molecule has 0 saturated heterocycles. The molecule has 1 saturated carbocycles. The van der Waals surface area contributed by atoms with E-state index >= 15 is 0 Å². The van der Waals surface area contributed by atoms with Gasteiger partial charge in [0.15, 0.2) is 0 Å². The van der Waals surface area contributed by atoms with Crippen LogP contribution in [0.3, 0.4) is 0 Å². The third-order valence-electron chi connectivity index (χ3n) is 4.28. The van der Waals surface area contributed by atoms with Gasteiger partial charge in [-0.1, -0.05) is 25.7 Å². The maximum atomic E-state index is 10.7. The van der Waals surface area contributed by atoms with Gasteiger partial charge in [0, 0.05) is 18.7 Å². The summed E-state index contributed by atoms with van der Waals surface area (Å²) in [5.74, 6) is 0. The molecule has 0 spiro atoms. The largest absolute Gasteiger partial charge is 0.390 e. The van der Waals surface area contributed by atoms with Gasteiger partial charge in [0.25, 0.3) is 0 Å². The second kappa shape index (κ2) is 6.06. The molecule has 1 unspecified atom stereocenters. The van der Waals surface area contributed by atoms with E-state index in [1.54, 1.807) is 0 Å². The average molecular weight is 266 g/mol. The molecule has 0 aliphatic heterocycles. The highest BCUT2D eigenvalue weighted by molar-refractivity contribution is 5.11. The molecule has 1 aliphatic carbocycles. The van der Waals surface area contributed by atoms with Crippen molar-refractivity contribution < 1.29 is 10.2 Å². The summed E-state index contributed by atoms with van der Waals surface area (Å²) >= 11 is 0. The Bertz CT molecular complexity index is 406. The highest BCUT2D eigenvalue weighted by Gasteiger charge is 2.36. The Morgan fingerprint density at radius 3 is 2.53 bits per heavy atom. The monoisotopic (exact) mass is 266 g/mol. The second-order valence-electron chi connectivity index (χ2n) is 5.83. The first-order chi connectivity index (χ1) is 9.05. The van der Waals surface area contributed by atoms with E-state index in [4.69, 9.17) is 0 Å². The number of hydrogen-bond acceptors (Lipinski definition) is 3. The molecule has 0 bridgehead atoms. The Hall–Kier alpha value is -0.870. The Labute approximate surface area is 115 Å². The van der Waals surface area contributed by atoms with Crippen LogP contribution in [-0.2, 0) is 13.0 Å². The molecule has 1 aliphatic rings. The van der Waals surface area contributed by atoms with Gasteiger partial charge in [-0.3, -0.25) is 4.68 Å². The van der Waals surface area contributed by atoms with Crippen molar-refractivity contribution in [3.8, 4) is 0 Å². The number of aliphatic hydroxyl groups is 2. The summed E-state index contributed by atoms with van der Waals surface area (Å²) in [6.45, 7) is 4.80. The highest BCUT2D eigenvalue weighted by atomic mass is 16.3. The van der Waals surface area contributed by atoms with E-state index in [0.29, 0.717) is 19.3 Å². The van der Waals surface area contributed by atoms with Crippen molar-refractivity contribution in [2.75, 3.05) is 0 Å². The minimum absolute atomic E-state index is 0.491. The molecule has 1 heterocycles. The van der Waals surface area contributed by atoms with Gasteiger partial charge < -0.3 is 10.2 Å². The van der Waals surface area contributed by atoms with E-state index < -0.39 is 11.7 Å². The van der Waals surface area contributed by atoms with Crippen LogP contribution in [0.5, 0.6) is 0 Å². The molecule has 1 fully saturated rings. The summed E-state index contributed by atoms with van der Waals surface area (Å²) in [4.78, 5) is 0. The SMILES string of the molecule is CCn1nc(C)cc1CC(O)C1(O)CCCCCC1. The highest BCUT2D eigenvalue weighted by Crippen LogP contribution is 2.31. The normalized spacial score (nSPS) is 21.1. The minimum Gasteiger partial charge on any atom is -0.390 e. The van der Waals surface area contributed by atoms with Gasteiger partial charge in [-0.25, -0.2) is 0 Å². The van der Waals surface area contributed by atoms with Crippen molar-refractivity contribution >= 4 is 0 Å². The number of aryl methyl sites for hydroxylation is 2. The Morgan fingerprint density at radius 2 is 1.95 bits per heavy atom. The van der Waals surface area contributed by atoms with Crippen LogP contribution in [0.2, 0.25) is 0 Å². The van der Waals surface area contributed by atoms with Crippen LogP contribution >= 0.6 is 0 Å². The fraction of sp³-hybridized carbons (Fsp3) is 0.800. The average Bonchev–Trinajstić information content (AvgIpc) is 2.59.